The number of aromatic nitrogens is 1. The molecule has 1 aromatic carbocycles. The van der Waals surface area contributed by atoms with E-state index in [4.69, 9.17) is 4.74 Å². The Labute approximate surface area is 239 Å². The van der Waals surface area contributed by atoms with Gasteiger partial charge in [-0.1, -0.05) is 0 Å². The number of ether oxygens (including phenoxy) is 1. The van der Waals surface area contributed by atoms with Gasteiger partial charge in [0.15, 0.2) is 0 Å². The van der Waals surface area contributed by atoms with Crippen LogP contribution in [0.3, 0.4) is 0 Å². The van der Waals surface area contributed by atoms with E-state index in [0.717, 1.165) is 45.2 Å². The van der Waals surface area contributed by atoms with Crippen LogP contribution in [-0.4, -0.2) is 82.1 Å². The normalized spacial score (nSPS) is 22.3. The summed E-state index contributed by atoms with van der Waals surface area (Å²) in [4.78, 5) is 6.80. The van der Waals surface area contributed by atoms with Crippen LogP contribution in [0.5, 0.6) is 5.75 Å². The van der Waals surface area contributed by atoms with Gasteiger partial charge in [0.1, 0.15) is 5.75 Å². The van der Waals surface area contributed by atoms with Crippen LogP contribution in [0.4, 0.5) is 5.69 Å². The zero-order chi connectivity index (χ0) is 28.5. The van der Waals surface area contributed by atoms with Gasteiger partial charge in [-0.05, 0) is 99.6 Å². The van der Waals surface area contributed by atoms with Gasteiger partial charge in [-0.15, -0.1) is 0 Å². The standard InChI is InChI=1S/C29H42N4O5S2/c1-23-20-27(38-3)21-24(2)28(23)40(36,37)33-15-4-6-26(33)7-5-19-39(34,35)32-18-12-29(22-32)10-16-31(17-11-29)25-8-13-30-14-9-25/h8-9,13-14,20-21,26H,4-7,10-12,15-19,22H2,1-3H3/t26-/m0/s1. The molecule has 0 aliphatic carbocycles. The van der Waals surface area contributed by atoms with Gasteiger partial charge in [-0.3, -0.25) is 4.98 Å². The lowest BCUT2D eigenvalue weighted by Gasteiger charge is -2.40. The highest BCUT2D eigenvalue weighted by Crippen LogP contribution is 2.42. The van der Waals surface area contributed by atoms with E-state index in [1.54, 1.807) is 41.7 Å². The predicted octanol–water partition coefficient (Wildman–Crippen LogP) is 3.96. The van der Waals surface area contributed by atoms with Crippen LogP contribution < -0.4 is 9.64 Å². The number of anilines is 1. The van der Waals surface area contributed by atoms with Crippen molar-refractivity contribution >= 4 is 25.7 Å². The minimum atomic E-state index is -3.69. The first-order valence-electron chi connectivity index (χ1n) is 14.3. The number of hydrogen-bond acceptors (Lipinski definition) is 7. The van der Waals surface area contributed by atoms with Crippen molar-refractivity contribution in [2.24, 2.45) is 5.41 Å². The monoisotopic (exact) mass is 590 g/mol. The van der Waals surface area contributed by atoms with Gasteiger partial charge in [0.2, 0.25) is 20.0 Å². The van der Waals surface area contributed by atoms with Crippen molar-refractivity contribution in [3.8, 4) is 5.75 Å². The summed E-state index contributed by atoms with van der Waals surface area (Å²) in [6.45, 7) is 7.10. The third-order valence-electron chi connectivity index (χ3n) is 9.15. The van der Waals surface area contributed by atoms with Gasteiger partial charge in [-0.2, -0.15) is 4.31 Å². The van der Waals surface area contributed by atoms with E-state index in [1.807, 2.05) is 24.5 Å². The van der Waals surface area contributed by atoms with Crippen LogP contribution in [0.2, 0.25) is 0 Å². The fourth-order valence-corrected chi connectivity index (χ4v) is 10.7. The molecule has 9 nitrogen and oxygen atoms in total. The number of sulfonamides is 2. The first kappa shape index (κ1) is 29.3. The molecular weight excluding hydrogens is 548 g/mol. The van der Waals surface area contributed by atoms with Gasteiger partial charge in [0.25, 0.3) is 0 Å². The molecule has 0 N–H and O–H groups in total. The van der Waals surface area contributed by atoms with Crippen molar-refractivity contribution in [2.45, 2.75) is 69.7 Å². The predicted molar refractivity (Wildman–Crippen MR) is 157 cm³/mol. The smallest absolute Gasteiger partial charge is 0.243 e. The SMILES string of the molecule is COc1cc(C)c(S(=O)(=O)N2CCC[C@H]2CCCS(=O)(=O)N2CCC3(CCN(c4ccncc4)CC3)C2)c(C)c1. The summed E-state index contributed by atoms with van der Waals surface area (Å²) >= 11 is 0. The molecule has 2 aromatic rings. The summed E-state index contributed by atoms with van der Waals surface area (Å²) in [5.41, 5.74) is 2.56. The molecule has 3 aliphatic rings. The van der Waals surface area contributed by atoms with Crippen molar-refractivity contribution in [3.63, 3.8) is 0 Å². The number of piperidine rings is 1. The van der Waals surface area contributed by atoms with E-state index < -0.39 is 20.0 Å². The molecule has 1 spiro atoms. The van der Waals surface area contributed by atoms with E-state index in [9.17, 15) is 16.8 Å². The lowest BCUT2D eigenvalue weighted by atomic mass is 9.78. The maximum absolute atomic E-state index is 13.7. The molecule has 1 atom stereocenters. The topological polar surface area (TPSA) is 100 Å². The van der Waals surface area contributed by atoms with E-state index in [1.165, 1.54) is 5.69 Å². The van der Waals surface area contributed by atoms with Crippen LogP contribution in [0.15, 0.2) is 41.6 Å². The van der Waals surface area contributed by atoms with E-state index >= 15 is 0 Å². The molecule has 0 radical (unpaired) electrons. The molecule has 0 bridgehead atoms. The number of rotatable bonds is 9. The zero-order valence-electron chi connectivity index (χ0n) is 23.9. The Morgan fingerprint density at radius 2 is 1.62 bits per heavy atom. The van der Waals surface area contributed by atoms with Crippen LogP contribution >= 0.6 is 0 Å². The quantitative estimate of drug-likeness (QED) is 0.436. The van der Waals surface area contributed by atoms with Crippen molar-refractivity contribution in [3.05, 3.63) is 47.8 Å². The summed E-state index contributed by atoms with van der Waals surface area (Å²) in [5, 5.41) is 0. The maximum Gasteiger partial charge on any atom is 0.243 e. The molecule has 3 saturated heterocycles. The van der Waals surface area contributed by atoms with Crippen LogP contribution in [0, 0.1) is 19.3 Å². The van der Waals surface area contributed by atoms with Crippen molar-refractivity contribution in [1.82, 2.24) is 13.6 Å². The highest BCUT2D eigenvalue weighted by atomic mass is 32.2. The minimum absolute atomic E-state index is 0.0566. The number of nitrogens with zero attached hydrogens (tertiary/aromatic N) is 4. The van der Waals surface area contributed by atoms with Gasteiger partial charge in [0, 0.05) is 56.8 Å². The third kappa shape index (κ3) is 5.89. The molecule has 220 valence electrons. The number of aryl methyl sites for hydroxylation is 2. The van der Waals surface area contributed by atoms with Gasteiger partial charge < -0.3 is 9.64 Å². The second-order valence-electron chi connectivity index (χ2n) is 11.7. The average Bonchev–Trinajstić information content (AvgIpc) is 3.57. The molecule has 40 heavy (non-hydrogen) atoms. The Morgan fingerprint density at radius 1 is 0.975 bits per heavy atom. The Balaban J connectivity index is 1.16. The van der Waals surface area contributed by atoms with Crippen molar-refractivity contribution < 1.29 is 21.6 Å². The lowest BCUT2D eigenvalue weighted by Crippen LogP contribution is -2.42. The molecule has 0 saturated carbocycles. The number of hydrogen-bond donors (Lipinski definition) is 0. The Hall–Kier alpha value is -2.21. The first-order chi connectivity index (χ1) is 19.0. The van der Waals surface area contributed by atoms with E-state index in [-0.39, 0.29) is 17.2 Å². The Morgan fingerprint density at radius 3 is 2.27 bits per heavy atom. The molecule has 3 fully saturated rings. The second kappa shape index (κ2) is 11.6. The molecule has 0 unspecified atom stereocenters. The van der Waals surface area contributed by atoms with E-state index in [2.05, 4.69) is 9.88 Å². The number of methoxy groups -OCH3 is 1. The number of pyridine rings is 1. The highest BCUT2D eigenvalue weighted by molar-refractivity contribution is 7.89. The highest BCUT2D eigenvalue weighted by Gasteiger charge is 2.44. The molecule has 1 aromatic heterocycles. The van der Waals surface area contributed by atoms with Crippen LogP contribution in [0.1, 0.15) is 56.1 Å². The molecule has 3 aliphatic heterocycles. The largest absolute Gasteiger partial charge is 0.497 e. The van der Waals surface area contributed by atoms with Crippen LogP contribution in [-0.2, 0) is 20.0 Å². The summed E-state index contributed by atoms with van der Waals surface area (Å²) in [6.07, 6.45) is 9.05. The zero-order valence-corrected chi connectivity index (χ0v) is 25.5. The van der Waals surface area contributed by atoms with Crippen molar-refractivity contribution in [2.75, 3.05) is 50.5 Å². The molecule has 0 amide bonds. The minimum Gasteiger partial charge on any atom is -0.497 e. The molecule has 11 heteroatoms. The first-order valence-corrected chi connectivity index (χ1v) is 17.4. The summed E-state index contributed by atoms with van der Waals surface area (Å²) in [5.74, 6) is 0.706. The summed E-state index contributed by atoms with van der Waals surface area (Å²) in [7, 11) is -5.51. The maximum atomic E-state index is 13.7. The molecule has 4 heterocycles. The second-order valence-corrected chi connectivity index (χ2v) is 15.7. The van der Waals surface area contributed by atoms with E-state index in [0.29, 0.717) is 54.2 Å². The fraction of sp³-hybridized carbons (Fsp3) is 0.621. The van der Waals surface area contributed by atoms with Crippen LogP contribution in [0.25, 0.3) is 0 Å². The van der Waals surface area contributed by atoms with Gasteiger partial charge in [-0.25, -0.2) is 21.1 Å². The van der Waals surface area contributed by atoms with Gasteiger partial charge >= 0.3 is 0 Å². The van der Waals surface area contributed by atoms with Crippen molar-refractivity contribution in [1.29, 1.82) is 0 Å². The summed E-state index contributed by atoms with van der Waals surface area (Å²) in [6, 6.07) is 7.38. The third-order valence-corrected chi connectivity index (χ3v) is 13.3. The summed E-state index contributed by atoms with van der Waals surface area (Å²) < 4.78 is 62.7. The Bertz CT molecular complexity index is 1380. The molecule has 5 rings (SSSR count). The fourth-order valence-electron chi connectivity index (χ4n) is 6.93. The lowest BCUT2D eigenvalue weighted by molar-refractivity contribution is 0.234. The molecular formula is C29H42N4O5S2. The average molecular weight is 591 g/mol. The van der Waals surface area contributed by atoms with Gasteiger partial charge in [0.05, 0.1) is 17.8 Å². The number of benzene rings is 1. The Kier molecular flexibility index (Phi) is 8.48.